The van der Waals surface area contributed by atoms with Crippen LogP contribution < -0.4 is 4.34 Å². The van der Waals surface area contributed by atoms with Crippen LogP contribution in [0.1, 0.15) is 6.42 Å². The number of hydrogen-bond acceptors (Lipinski definition) is 1. The SMILES string of the molecule is Br.BrCCCNBr. The molecule has 0 amide bonds. The first-order valence-corrected chi connectivity index (χ1v) is 3.72. The topological polar surface area (TPSA) is 12.0 Å². The quantitative estimate of drug-likeness (QED) is 0.479. The summed E-state index contributed by atoms with van der Waals surface area (Å²) >= 11 is 6.37. The van der Waals surface area contributed by atoms with Crippen LogP contribution in [0.5, 0.6) is 0 Å². The Morgan fingerprint density at radius 1 is 1.43 bits per heavy atom. The molecule has 0 saturated heterocycles. The van der Waals surface area contributed by atoms with Crippen molar-refractivity contribution < 1.29 is 0 Å². The third-order valence-electron chi connectivity index (χ3n) is 0.405. The molecule has 0 saturated carbocycles. The number of nitrogens with one attached hydrogen (secondary N) is 1. The average Bonchev–Trinajstić information content (AvgIpc) is 1.61. The largest absolute Gasteiger partial charge is 0.256 e. The Kier molecular flexibility index (Phi) is 16.7. The fraction of sp³-hybridized carbons (Fsp3) is 1.00. The highest BCUT2D eigenvalue weighted by Crippen LogP contribution is 1.84. The van der Waals surface area contributed by atoms with Crippen molar-refractivity contribution in [2.45, 2.75) is 6.42 Å². The zero-order chi connectivity index (χ0) is 4.83. The molecule has 0 heterocycles. The van der Waals surface area contributed by atoms with Crippen LogP contribution in [0.2, 0.25) is 0 Å². The van der Waals surface area contributed by atoms with Crippen LogP contribution in [0.15, 0.2) is 0 Å². The molecule has 0 radical (unpaired) electrons. The summed E-state index contributed by atoms with van der Waals surface area (Å²) in [5, 5.41) is 1.08. The van der Waals surface area contributed by atoms with Gasteiger partial charge in [0.2, 0.25) is 0 Å². The van der Waals surface area contributed by atoms with Gasteiger partial charge in [0.05, 0.1) is 0 Å². The summed E-state index contributed by atoms with van der Waals surface area (Å²) in [5.41, 5.74) is 0. The molecule has 0 fully saturated rings. The highest BCUT2D eigenvalue weighted by Gasteiger charge is 1.76. The monoisotopic (exact) mass is 295 g/mol. The number of halogens is 3. The minimum Gasteiger partial charge on any atom is -0.256 e. The molecule has 0 unspecified atom stereocenters. The molecule has 0 rings (SSSR count). The fourth-order valence-electron chi connectivity index (χ4n) is 0.134. The van der Waals surface area contributed by atoms with Gasteiger partial charge in [0.15, 0.2) is 0 Å². The number of hydrogen-bond donors (Lipinski definition) is 1. The van der Waals surface area contributed by atoms with Crippen molar-refractivity contribution in [2.75, 3.05) is 11.9 Å². The van der Waals surface area contributed by atoms with Crippen LogP contribution >= 0.6 is 49.1 Å². The number of rotatable bonds is 3. The highest BCUT2D eigenvalue weighted by molar-refractivity contribution is 9.09. The molecule has 0 atom stereocenters. The van der Waals surface area contributed by atoms with Crippen molar-refractivity contribution in [3.05, 3.63) is 0 Å². The van der Waals surface area contributed by atoms with Gasteiger partial charge in [0.25, 0.3) is 0 Å². The Balaban J connectivity index is 0. The van der Waals surface area contributed by atoms with E-state index < -0.39 is 0 Å². The predicted molar refractivity (Wildman–Crippen MR) is 45.7 cm³/mol. The molecule has 4 heteroatoms. The molecule has 46 valence electrons. The van der Waals surface area contributed by atoms with Gasteiger partial charge in [-0.05, 0) is 6.42 Å². The van der Waals surface area contributed by atoms with Crippen LogP contribution in [0.4, 0.5) is 0 Å². The van der Waals surface area contributed by atoms with E-state index in [1.54, 1.807) is 0 Å². The molecular weight excluding hydrogens is 290 g/mol. The van der Waals surface area contributed by atoms with Gasteiger partial charge in [0.1, 0.15) is 0 Å². The maximum Gasteiger partial charge on any atom is 0.00875 e. The van der Waals surface area contributed by atoms with Crippen LogP contribution in [0.25, 0.3) is 0 Å². The van der Waals surface area contributed by atoms with E-state index in [-0.39, 0.29) is 17.0 Å². The molecular formula is C3H8Br3N. The average molecular weight is 298 g/mol. The standard InChI is InChI=1S/C3H7Br2N.BrH/c4-2-1-3-6-5;/h6H,1-3H2;1H. The van der Waals surface area contributed by atoms with E-state index in [1.165, 1.54) is 6.42 Å². The lowest BCUT2D eigenvalue weighted by Gasteiger charge is -1.86. The minimum atomic E-state index is 0. The Morgan fingerprint density at radius 2 is 2.00 bits per heavy atom. The third-order valence-corrected chi connectivity index (χ3v) is 1.36. The third kappa shape index (κ3) is 11.1. The summed E-state index contributed by atoms with van der Waals surface area (Å²) in [7, 11) is 0. The van der Waals surface area contributed by atoms with Crippen molar-refractivity contribution in [1.29, 1.82) is 0 Å². The lowest BCUT2D eigenvalue weighted by Crippen LogP contribution is -1.99. The van der Waals surface area contributed by atoms with Gasteiger partial charge in [-0.2, -0.15) is 0 Å². The first-order chi connectivity index (χ1) is 2.91. The van der Waals surface area contributed by atoms with Gasteiger partial charge < -0.3 is 0 Å². The summed E-state index contributed by atoms with van der Waals surface area (Å²) in [5.74, 6) is 0. The first-order valence-electron chi connectivity index (χ1n) is 1.81. The Hall–Kier alpha value is 1.40. The second kappa shape index (κ2) is 10.4. The van der Waals surface area contributed by atoms with E-state index in [1.807, 2.05) is 0 Å². The minimum absolute atomic E-state index is 0. The second-order valence-electron chi connectivity index (χ2n) is 0.926. The van der Waals surface area contributed by atoms with E-state index in [4.69, 9.17) is 0 Å². The van der Waals surface area contributed by atoms with Crippen molar-refractivity contribution >= 4 is 49.1 Å². The molecule has 0 aromatic heterocycles. The van der Waals surface area contributed by atoms with E-state index in [0.717, 1.165) is 11.9 Å². The van der Waals surface area contributed by atoms with Crippen LogP contribution in [0.3, 0.4) is 0 Å². The Bertz CT molecular complexity index is 22.1. The lowest BCUT2D eigenvalue weighted by atomic mass is 10.5. The van der Waals surface area contributed by atoms with E-state index in [9.17, 15) is 0 Å². The van der Waals surface area contributed by atoms with Gasteiger partial charge in [0, 0.05) is 28.0 Å². The summed E-state index contributed by atoms with van der Waals surface area (Å²) in [6.45, 7) is 1.03. The zero-order valence-corrected chi connectivity index (χ0v) is 8.67. The fourth-order valence-corrected chi connectivity index (χ4v) is 0.694. The van der Waals surface area contributed by atoms with E-state index >= 15 is 0 Å². The van der Waals surface area contributed by atoms with E-state index in [2.05, 4.69) is 36.4 Å². The van der Waals surface area contributed by atoms with Crippen molar-refractivity contribution in [2.24, 2.45) is 0 Å². The normalized spacial score (nSPS) is 7.71. The van der Waals surface area contributed by atoms with Crippen LogP contribution in [-0.2, 0) is 0 Å². The molecule has 7 heavy (non-hydrogen) atoms. The van der Waals surface area contributed by atoms with Gasteiger partial charge in [-0.3, -0.25) is 4.34 Å². The molecule has 1 nitrogen and oxygen atoms in total. The van der Waals surface area contributed by atoms with Gasteiger partial charge in [-0.1, -0.05) is 15.9 Å². The summed E-state index contributed by atoms with van der Waals surface area (Å²) < 4.78 is 2.85. The van der Waals surface area contributed by atoms with Crippen LogP contribution in [-0.4, -0.2) is 11.9 Å². The van der Waals surface area contributed by atoms with Gasteiger partial charge >= 0.3 is 0 Å². The molecule has 0 bridgehead atoms. The van der Waals surface area contributed by atoms with Crippen molar-refractivity contribution in [1.82, 2.24) is 4.34 Å². The Labute approximate surface area is 71.5 Å². The molecule has 0 aliphatic rings. The predicted octanol–water partition coefficient (Wildman–Crippen LogP) is 2.25. The maximum absolute atomic E-state index is 3.29. The summed E-state index contributed by atoms with van der Waals surface area (Å²) in [4.78, 5) is 0. The van der Waals surface area contributed by atoms with Crippen LogP contribution in [0, 0.1) is 0 Å². The van der Waals surface area contributed by atoms with Gasteiger partial charge in [-0.25, -0.2) is 0 Å². The van der Waals surface area contributed by atoms with Gasteiger partial charge in [-0.15, -0.1) is 17.0 Å². The molecule has 0 spiro atoms. The summed E-state index contributed by atoms with van der Waals surface area (Å²) in [6, 6.07) is 0. The molecule has 0 aliphatic carbocycles. The maximum atomic E-state index is 3.29. The smallest absolute Gasteiger partial charge is 0.00875 e. The van der Waals surface area contributed by atoms with Crippen molar-refractivity contribution in [3.8, 4) is 0 Å². The highest BCUT2D eigenvalue weighted by atomic mass is 79.9. The first kappa shape index (κ1) is 11.2. The molecule has 0 aromatic carbocycles. The zero-order valence-electron chi connectivity index (χ0n) is 3.79. The molecule has 0 aromatic rings. The molecule has 0 aliphatic heterocycles. The number of alkyl halides is 1. The summed E-state index contributed by atoms with van der Waals surface area (Å²) in [6.07, 6.45) is 1.17. The Morgan fingerprint density at radius 3 is 2.14 bits per heavy atom. The lowest BCUT2D eigenvalue weighted by molar-refractivity contribution is 0.903. The van der Waals surface area contributed by atoms with E-state index in [0.29, 0.717) is 0 Å². The van der Waals surface area contributed by atoms with Crippen molar-refractivity contribution in [3.63, 3.8) is 0 Å². The second-order valence-corrected chi connectivity index (χ2v) is 2.28. The molecule has 1 N–H and O–H groups in total.